The second-order valence-corrected chi connectivity index (χ2v) is 10.8. The van der Waals surface area contributed by atoms with Crippen molar-refractivity contribution >= 4 is 5.97 Å². The van der Waals surface area contributed by atoms with E-state index < -0.39 is 5.97 Å². The minimum Gasteiger partial charge on any atom is -0.481 e. The molecule has 9 atom stereocenters. The monoisotopic (exact) mass is 374 g/mol. The highest BCUT2D eigenvalue weighted by atomic mass is 16.4. The normalized spacial score (nSPS) is 49.8. The van der Waals surface area contributed by atoms with Gasteiger partial charge in [-0.05, 0) is 97.7 Å². The van der Waals surface area contributed by atoms with Crippen LogP contribution in [0.3, 0.4) is 0 Å². The minimum atomic E-state index is -0.661. The van der Waals surface area contributed by atoms with E-state index in [4.69, 9.17) is 5.11 Å². The summed E-state index contributed by atoms with van der Waals surface area (Å²) in [6, 6.07) is 0. The number of hydrogen-bond acceptors (Lipinski definition) is 2. The van der Waals surface area contributed by atoms with Gasteiger partial charge < -0.3 is 10.2 Å². The third-order valence-electron chi connectivity index (χ3n) is 9.64. The molecule has 27 heavy (non-hydrogen) atoms. The summed E-state index contributed by atoms with van der Waals surface area (Å²) in [5.74, 6) is 3.35. The molecule has 0 amide bonds. The molecule has 3 nitrogen and oxygen atoms in total. The van der Waals surface area contributed by atoms with Crippen molar-refractivity contribution in [3.8, 4) is 0 Å². The Morgan fingerprint density at radius 1 is 1.19 bits per heavy atom. The number of hydrogen-bond donors (Lipinski definition) is 2. The number of aliphatic hydroxyl groups excluding tert-OH is 1. The molecular weight excluding hydrogens is 336 g/mol. The molecule has 0 spiro atoms. The number of carbonyl (C=O) groups is 1. The number of carboxylic acids is 1. The van der Waals surface area contributed by atoms with E-state index >= 15 is 0 Å². The quantitative estimate of drug-likeness (QED) is 0.658. The average molecular weight is 375 g/mol. The summed E-state index contributed by atoms with van der Waals surface area (Å²) in [6.07, 6.45) is 14.5. The van der Waals surface area contributed by atoms with E-state index in [1.165, 1.54) is 32.1 Å². The van der Waals surface area contributed by atoms with E-state index in [0.717, 1.165) is 31.1 Å². The van der Waals surface area contributed by atoms with Gasteiger partial charge in [0, 0.05) is 6.42 Å². The van der Waals surface area contributed by atoms with Gasteiger partial charge in [-0.25, -0.2) is 0 Å². The lowest BCUT2D eigenvalue weighted by Gasteiger charge is -2.58. The van der Waals surface area contributed by atoms with Gasteiger partial charge >= 0.3 is 5.97 Å². The molecule has 0 aliphatic heterocycles. The van der Waals surface area contributed by atoms with Gasteiger partial charge in [0.05, 0.1) is 6.10 Å². The Labute approximate surface area is 164 Å². The molecule has 0 saturated heterocycles. The molecule has 4 aliphatic rings. The Morgan fingerprint density at radius 3 is 2.70 bits per heavy atom. The third-order valence-corrected chi connectivity index (χ3v) is 9.64. The van der Waals surface area contributed by atoms with Crippen molar-refractivity contribution in [3.05, 3.63) is 12.2 Å². The van der Waals surface area contributed by atoms with Crippen molar-refractivity contribution in [2.75, 3.05) is 0 Å². The van der Waals surface area contributed by atoms with E-state index in [1.807, 2.05) is 0 Å². The lowest BCUT2D eigenvalue weighted by atomic mass is 9.46. The van der Waals surface area contributed by atoms with Crippen molar-refractivity contribution in [1.82, 2.24) is 0 Å². The van der Waals surface area contributed by atoms with Crippen LogP contribution in [0, 0.1) is 46.3 Å². The van der Waals surface area contributed by atoms with Crippen molar-refractivity contribution < 1.29 is 15.0 Å². The Morgan fingerprint density at radius 2 is 1.96 bits per heavy atom. The van der Waals surface area contributed by atoms with E-state index in [-0.39, 0.29) is 11.5 Å². The van der Waals surface area contributed by atoms with Crippen LogP contribution < -0.4 is 0 Å². The minimum absolute atomic E-state index is 0.0802. The first kappa shape index (κ1) is 19.5. The van der Waals surface area contributed by atoms with Crippen LogP contribution >= 0.6 is 0 Å². The van der Waals surface area contributed by atoms with Gasteiger partial charge in [-0.15, -0.1) is 0 Å². The fraction of sp³-hybridized carbons (Fsp3) is 0.875. The molecule has 0 aromatic carbocycles. The zero-order valence-electron chi connectivity index (χ0n) is 17.4. The van der Waals surface area contributed by atoms with Crippen LogP contribution in [0.2, 0.25) is 0 Å². The SMILES string of the molecule is C[C@H](CCC(=O)O)C1CC[C@H]2[C@@H]3CC[C@@H]4C[C@H](O)CC[C@]4(C)[C@H]3C=C[C@]12C. The summed E-state index contributed by atoms with van der Waals surface area (Å²) in [6.45, 7) is 7.26. The molecule has 2 N–H and O–H groups in total. The predicted molar refractivity (Wildman–Crippen MR) is 107 cm³/mol. The van der Waals surface area contributed by atoms with Gasteiger partial charge in [0.2, 0.25) is 0 Å². The Kier molecular flexibility index (Phi) is 4.98. The highest BCUT2D eigenvalue weighted by Gasteiger charge is 2.58. The maximum absolute atomic E-state index is 11.0. The number of allylic oxidation sites excluding steroid dienone is 2. The lowest BCUT2D eigenvalue weighted by Crippen LogP contribution is -2.52. The van der Waals surface area contributed by atoms with Crippen LogP contribution in [0.5, 0.6) is 0 Å². The van der Waals surface area contributed by atoms with E-state index in [2.05, 4.69) is 32.9 Å². The molecule has 0 aromatic rings. The number of fused-ring (bicyclic) bond motifs is 5. The summed E-state index contributed by atoms with van der Waals surface area (Å²) >= 11 is 0. The summed E-state index contributed by atoms with van der Waals surface area (Å²) in [5.41, 5.74) is 0.615. The van der Waals surface area contributed by atoms with Crippen LogP contribution in [0.4, 0.5) is 0 Å². The van der Waals surface area contributed by atoms with Crippen molar-refractivity contribution in [2.45, 2.75) is 84.7 Å². The molecule has 0 heterocycles. The fourth-order valence-corrected chi connectivity index (χ4v) is 8.10. The third kappa shape index (κ3) is 3.09. The Balaban J connectivity index is 1.56. The zero-order valence-corrected chi connectivity index (χ0v) is 17.4. The molecule has 0 radical (unpaired) electrons. The molecule has 4 rings (SSSR count). The van der Waals surface area contributed by atoms with Gasteiger partial charge in [0.25, 0.3) is 0 Å². The standard InChI is InChI=1S/C24H38O3/c1-15(4-9-22(26)27)19-7-8-20-18-6-5-16-14-17(25)10-12-23(16,2)21(18)11-13-24(19,20)3/h11,13,15-21,25H,4-10,12,14H2,1-3H3,(H,26,27)/t15-,16-,17-,18+,19?,20+,21+,23+,24-/m1/s1. The fourth-order valence-electron chi connectivity index (χ4n) is 8.10. The molecule has 3 saturated carbocycles. The summed E-state index contributed by atoms with van der Waals surface area (Å²) in [4.78, 5) is 11.0. The van der Waals surface area contributed by atoms with Crippen molar-refractivity contribution in [3.63, 3.8) is 0 Å². The first-order chi connectivity index (χ1) is 12.8. The van der Waals surface area contributed by atoms with Crippen LogP contribution in [-0.4, -0.2) is 22.3 Å². The highest BCUT2D eigenvalue weighted by Crippen LogP contribution is 2.66. The van der Waals surface area contributed by atoms with Gasteiger partial charge in [-0.2, -0.15) is 0 Å². The van der Waals surface area contributed by atoms with Gasteiger partial charge in [-0.3, -0.25) is 4.79 Å². The largest absolute Gasteiger partial charge is 0.481 e. The second kappa shape index (κ2) is 6.90. The molecule has 3 fully saturated rings. The summed E-state index contributed by atoms with van der Waals surface area (Å²) < 4.78 is 0. The number of carboxylic acid groups (broad SMARTS) is 1. The first-order valence-corrected chi connectivity index (χ1v) is 11.3. The lowest BCUT2D eigenvalue weighted by molar-refractivity contribution is -0.137. The van der Waals surface area contributed by atoms with E-state index in [1.54, 1.807) is 0 Å². The Hall–Kier alpha value is -0.830. The first-order valence-electron chi connectivity index (χ1n) is 11.3. The summed E-state index contributed by atoms with van der Waals surface area (Å²) in [5, 5.41) is 19.3. The molecule has 0 aromatic heterocycles. The van der Waals surface area contributed by atoms with Crippen molar-refractivity contribution in [2.24, 2.45) is 46.3 Å². The molecule has 3 heteroatoms. The number of rotatable bonds is 4. The topological polar surface area (TPSA) is 57.5 Å². The van der Waals surface area contributed by atoms with Crippen LogP contribution in [0.1, 0.15) is 78.6 Å². The molecule has 0 bridgehead atoms. The van der Waals surface area contributed by atoms with Gasteiger partial charge in [0.1, 0.15) is 0 Å². The van der Waals surface area contributed by atoms with Crippen LogP contribution in [0.15, 0.2) is 12.2 Å². The zero-order chi connectivity index (χ0) is 19.4. The second-order valence-electron chi connectivity index (χ2n) is 10.8. The molecule has 152 valence electrons. The van der Waals surface area contributed by atoms with Gasteiger partial charge in [0.15, 0.2) is 0 Å². The van der Waals surface area contributed by atoms with Crippen LogP contribution in [-0.2, 0) is 4.79 Å². The maximum atomic E-state index is 11.0. The van der Waals surface area contributed by atoms with E-state index in [0.29, 0.717) is 35.5 Å². The number of aliphatic hydroxyl groups is 1. The molecule has 1 unspecified atom stereocenters. The highest BCUT2D eigenvalue weighted by molar-refractivity contribution is 5.66. The van der Waals surface area contributed by atoms with Crippen molar-refractivity contribution in [1.29, 1.82) is 0 Å². The average Bonchev–Trinajstić information content (AvgIpc) is 2.97. The Bertz CT molecular complexity index is 613. The summed E-state index contributed by atoms with van der Waals surface area (Å²) in [7, 11) is 0. The smallest absolute Gasteiger partial charge is 0.303 e. The molecule has 4 aliphatic carbocycles. The molecular formula is C24H38O3. The maximum Gasteiger partial charge on any atom is 0.303 e. The number of aliphatic carboxylic acids is 1. The van der Waals surface area contributed by atoms with E-state index in [9.17, 15) is 9.90 Å². The van der Waals surface area contributed by atoms with Crippen LogP contribution in [0.25, 0.3) is 0 Å². The predicted octanol–water partition coefficient (Wildman–Crippen LogP) is 5.28. The van der Waals surface area contributed by atoms with Gasteiger partial charge in [-0.1, -0.05) is 32.9 Å².